The van der Waals surface area contributed by atoms with Gasteiger partial charge in [-0.2, -0.15) is 0 Å². The van der Waals surface area contributed by atoms with Crippen LogP contribution in [0.5, 0.6) is 0 Å². The third-order valence-corrected chi connectivity index (χ3v) is 14.4. The molecular weight excluding hydrogens is 859 g/mol. The van der Waals surface area contributed by atoms with Crippen molar-refractivity contribution < 1.29 is 33.4 Å². The standard InChI is InChI=1S/C49H65N9O7S/c1-9-57-39-17-16-32-24-34(39)35(43(57)33-12-10-18-50-41(33)30(4)64-8)26-49(5,6)28-65-47(62)36-13-11-19-58(53-36)46(61)37(25-40-51-38(32)27-66-40)52-44(59)42(29(2)3)54(7)48(63)56-22-20-55(21-23-56)45(60)31-14-15-31/h10,12,16-18,24,27,29-31,36-37,42,53H,9,11,13-15,19-23,25-26,28H2,1-8H3,(H,52,59)/t30-,36-,37-,42-/m0/s1. The number of pyridine rings is 1. The number of amides is 5. The number of esters is 1. The normalized spacial score (nSPS) is 21.3. The van der Waals surface area contributed by atoms with Crippen molar-refractivity contribution in [2.45, 2.75) is 111 Å². The SMILES string of the molecule is CCn1c(-c2cccnc2[C@H](C)OC)c2c3cc(ccc31)-c1csc(n1)C[C@H](NC(=O)[C@H](C(C)C)N(C)C(=O)N1CCN(C(=O)C3CC3)CC1)C(=O)N1CCC[C@H](N1)C(=O)OCC(C)(C)C2. The molecule has 2 saturated heterocycles. The van der Waals surface area contributed by atoms with E-state index in [-0.39, 0.29) is 42.9 Å². The molecule has 1 saturated carbocycles. The number of aromatic nitrogens is 3. The minimum absolute atomic E-state index is 0.0848. The number of carbonyl (C=O) groups is 5. The van der Waals surface area contributed by atoms with E-state index in [0.717, 1.165) is 57.5 Å². The van der Waals surface area contributed by atoms with Crippen LogP contribution < -0.4 is 10.7 Å². The molecular formula is C49H65N9O7S. The van der Waals surface area contributed by atoms with Gasteiger partial charge in [0.1, 0.15) is 18.1 Å². The average molecular weight is 924 g/mol. The Balaban J connectivity index is 1.13. The highest BCUT2D eigenvalue weighted by atomic mass is 32.1. The first-order valence-corrected chi connectivity index (χ1v) is 24.4. The summed E-state index contributed by atoms with van der Waals surface area (Å²) < 4.78 is 14.2. The predicted molar refractivity (Wildman–Crippen MR) is 252 cm³/mol. The molecule has 0 spiro atoms. The first-order chi connectivity index (χ1) is 31.6. The highest BCUT2D eigenvalue weighted by Crippen LogP contribution is 2.42. The number of carbonyl (C=O) groups excluding carboxylic acids is 5. The lowest BCUT2D eigenvalue weighted by Gasteiger charge is -2.40. The van der Waals surface area contributed by atoms with Crippen LogP contribution in [0.4, 0.5) is 4.79 Å². The van der Waals surface area contributed by atoms with Gasteiger partial charge in [-0.1, -0.05) is 33.8 Å². The molecule has 1 aromatic carbocycles. The van der Waals surface area contributed by atoms with E-state index in [1.807, 2.05) is 37.1 Å². The lowest BCUT2D eigenvalue weighted by molar-refractivity contribution is -0.155. The zero-order valence-electron chi connectivity index (χ0n) is 39.6. The van der Waals surface area contributed by atoms with Crippen LogP contribution in [0.15, 0.2) is 41.9 Å². The molecule has 66 heavy (non-hydrogen) atoms. The maximum atomic E-state index is 14.6. The number of piperazine rings is 1. The van der Waals surface area contributed by atoms with E-state index < -0.39 is 41.3 Å². The number of urea groups is 1. The lowest BCUT2D eigenvalue weighted by Crippen LogP contribution is -2.63. The molecule has 5 amide bonds. The van der Waals surface area contributed by atoms with Gasteiger partial charge in [-0.3, -0.25) is 29.2 Å². The number of ether oxygens (including phenoxy) is 2. The van der Waals surface area contributed by atoms with Crippen molar-refractivity contribution in [2.24, 2.45) is 17.3 Å². The van der Waals surface area contributed by atoms with Gasteiger partial charge in [0.25, 0.3) is 5.91 Å². The van der Waals surface area contributed by atoms with E-state index in [2.05, 4.69) is 60.3 Å². The van der Waals surface area contributed by atoms with Crippen molar-refractivity contribution in [3.63, 3.8) is 0 Å². The van der Waals surface area contributed by atoms with Crippen LogP contribution in [-0.4, -0.2) is 136 Å². The summed E-state index contributed by atoms with van der Waals surface area (Å²) in [5, 5.41) is 8.15. The number of fused-ring (bicyclic) bond motifs is 6. The fourth-order valence-electron chi connectivity index (χ4n) is 9.80. The first kappa shape index (κ1) is 47.1. The number of cyclic esters (lactones) is 1. The number of methoxy groups -OCH3 is 1. The number of aryl methyl sites for hydroxylation is 1. The van der Waals surface area contributed by atoms with Gasteiger partial charge >= 0.3 is 12.0 Å². The van der Waals surface area contributed by atoms with Gasteiger partial charge in [0.05, 0.1) is 34.8 Å². The van der Waals surface area contributed by atoms with Gasteiger partial charge < -0.3 is 34.1 Å². The summed E-state index contributed by atoms with van der Waals surface area (Å²) in [5.74, 6) is -1.37. The maximum Gasteiger partial charge on any atom is 0.324 e. The van der Waals surface area contributed by atoms with Gasteiger partial charge in [-0.25, -0.2) is 15.2 Å². The summed E-state index contributed by atoms with van der Waals surface area (Å²) >= 11 is 1.41. The molecule has 8 rings (SSSR count). The zero-order valence-corrected chi connectivity index (χ0v) is 40.4. The number of hydrazine groups is 1. The third kappa shape index (κ3) is 9.70. The Bertz CT molecular complexity index is 2470. The van der Waals surface area contributed by atoms with E-state index in [9.17, 15) is 24.0 Å². The Morgan fingerprint density at radius 1 is 1.05 bits per heavy atom. The van der Waals surface area contributed by atoms with Crippen molar-refractivity contribution in [3.05, 3.63) is 58.2 Å². The number of hydrogen-bond acceptors (Lipinski definition) is 11. The Kier molecular flexibility index (Phi) is 13.9. The number of benzene rings is 1. The van der Waals surface area contributed by atoms with Crippen LogP contribution in [0.2, 0.25) is 0 Å². The van der Waals surface area contributed by atoms with Crippen LogP contribution in [0.3, 0.4) is 0 Å². The van der Waals surface area contributed by atoms with Gasteiger partial charge in [0.15, 0.2) is 0 Å². The molecule has 16 nitrogen and oxygen atoms in total. The second-order valence-corrected chi connectivity index (χ2v) is 20.4. The van der Waals surface area contributed by atoms with E-state index in [4.69, 9.17) is 19.4 Å². The smallest absolute Gasteiger partial charge is 0.324 e. The molecule has 6 bridgehead atoms. The number of nitrogens with zero attached hydrogens (tertiary/aromatic N) is 7. The fraction of sp³-hybridized carbons (Fsp3) is 0.571. The molecule has 0 unspecified atom stereocenters. The summed E-state index contributed by atoms with van der Waals surface area (Å²) in [6.45, 7) is 14.9. The molecule has 4 aromatic rings. The number of hydrogen-bond donors (Lipinski definition) is 2. The van der Waals surface area contributed by atoms with Crippen molar-refractivity contribution in [1.82, 2.24) is 45.0 Å². The molecule has 0 radical (unpaired) electrons. The number of thiazole rings is 1. The summed E-state index contributed by atoms with van der Waals surface area (Å²) in [6.07, 6.45) is 5.07. The van der Waals surface area contributed by atoms with E-state index in [0.29, 0.717) is 63.5 Å². The second-order valence-electron chi connectivity index (χ2n) is 19.4. The Labute approximate surface area is 391 Å². The monoisotopic (exact) mass is 923 g/mol. The number of likely N-dealkylation sites (N-methyl/N-ethyl adjacent to an activating group) is 1. The average Bonchev–Trinajstić information content (AvgIpc) is 3.99. The van der Waals surface area contributed by atoms with Gasteiger partial charge in [-0.15, -0.1) is 11.3 Å². The number of rotatable bonds is 9. The summed E-state index contributed by atoms with van der Waals surface area (Å²) in [7, 11) is 3.30. The lowest BCUT2D eigenvalue weighted by atomic mass is 9.84. The van der Waals surface area contributed by atoms with Crippen molar-refractivity contribution in [3.8, 4) is 22.5 Å². The quantitative estimate of drug-likeness (QED) is 0.195. The Morgan fingerprint density at radius 3 is 2.48 bits per heavy atom. The van der Waals surface area contributed by atoms with Crippen molar-refractivity contribution in [2.75, 3.05) is 53.5 Å². The molecule has 2 N–H and O–H groups in total. The van der Waals surface area contributed by atoms with Crippen LogP contribution in [0, 0.1) is 17.3 Å². The van der Waals surface area contributed by atoms with Gasteiger partial charge in [0.2, 0.25) is 11.8 Å². The van der Waals surface area contributed by atoms with Crippen LogP contribution >= 0.6 is 11.3 Å². The Hall–Kier alpha value is -5.39. The van der Waals surface area contributed by atoms with Crippen LogP contribution in [0.25, 0.3) is 33.4 Å². The fourth-order valence-corrected chi connectivity index (χ4v) is 10.6. The van der Waals surface area contributed by atoms with Gasteiger partial charge in [-0.05, 0) is 81.7 Å². The molecule has 354 valence electrons. The van der Waals surface area contributed by atoms with Crippen molar-refractivity contribution in [1.29, 1.82) is 0 Å². The van der Waals surface area contributed by atoms with Crippen LogP contribution in [-0.2, 0) is 48.0 Å². The molecule has 3 aliphatic heterocycles. The second kappa shape index (κ2) is 19.4. The maximum absolute atomic E-state index is 14.6. The van der Waals surface area contributed by atoms with Crippen LogP contribution in [0.1, 0.15) is 89.6 Å². The summed E-state index contributed by atoms with van der Waals surface area (Å²) in [4.78, 5) is 84.5. The molecule has 4 aliphatic rings. The molecule has 1 aliphatic carbocycles. The minimum atomic E-state index is -1.07. The number of nitrogens with one attached hydrogen (secondary N) is 2. The largest absolute Gasteiger partial charge is 0.464 e. The van der Waals surface area contributed by atoms with E-state index in [1.54, 1.807) is 25.3 Å². The van der Waals surface area contributed by atoms with Crippen molar-refractivity contribution >= 4 is 52.0 Å². The molecule has 3 fully saturated rings. The molecule has 17 heteroatoms. The highest BCUT2D eigenvalue weighted by Gasteiger charge is 2.40. The Morgan fingerprint density at radius 2 is 1.79 bits per heavy atom. The highest BCUT2D eigenvalue weighted by molar-refractivity contribution is 7.10. The predicted octanol–water partition coefficient (Wildman–Crippen LogP) is 5.83. The molecule has 3 aromatic heterocycles. The molecule has 4 atom stereocenters. The summed E-state index contributed by atoms with van der Waals surface area (Å²) in [6, 6.07) is 7.36. The van der Waals surface area contributed by atoms with E-state index >= 15 is 0 Å². The van der Waals surface area contributed by atoms with E-state index in [1.165, 1.54) is 21.2 Å². The third-order valence-electron chi connectivity index (χ3n) is 13.6. The zero-order chi connectivity index (χ0) is 47.0. The summed E-state index contributed by atoms with van der Waals surface area (Å²) in [5.41, 5.74) is 9.30. The minimum Gasteiger partial charge on any atom is -0.464 e. The topological polar surface area (TPSA) is 172 Å². The first-order valence-electron chi connectivity index (χ1n) is 23.5. The molecule has 6 heterocycles. The van der Waals surface area contributed by atoms with Gasteiger partial charge in [0, 0.05) is 105 Å².